The van der Waals surface area contributed by atoms with Gasteiger partial charge in [0.25, 0.3) is 0 Å². The molecular formula is C12H14N2O3S. The fourth-order valence-corrected chi connectivity index (χ4v) is 2.63. The van der Waals surface area contributed by atoms with E-state index in [4.69, 9.17) is 0 Å². The molecule has 6 heteroatoms. The smallest absolute Gasteiger partial charge is 0.241 e. The van der Waals surface area contributed by atoms with E-state index in [-0.39, 0.29) is 17.2 Å². The van der Waals surface area contributed by atoms with Crippen molar-refractivity contribution in [2.24, 2.45) is 7.05 Å². The number of rotatable bonds is 4. The Kier molecular flexibility index (Phi) is 3.40. The monoisotopic (exact) mass is 266 g/mol. The number of phenols is 1. The maximum atomic E-state index is 11.9. The van der Waals surface area contributed by atoms with Crippen LogP contribution in [-0.4, -0.2) is 18.1 Å². The summed E-state index contributed by atoms with van der Waals surface area (Å²) in [5.74, 6) is -0.0717. The summed E-state index contributed by atoms with van der Waals surface area (Å²) >= 11 is 0. The normalized spacial score (nSPS) is 11.6. The zero-order chi connectivity index (χ0) is 13.2. The van der Waals surface area contributed by atoms with Gasteiger partial charge in [0.15, 0.2) is 0 Å². The second-order valence-electron chi connectivity index (χ2n) is 4.01. The molecule has 96 valence electrons. The van der Waals surface area contributed by atoms with Gasteiger partial charge in [0.05, 0.1) is 4.90 Å². The minimum atomic E-state index is -3.59. The maximum Gasteiger partial charge on any atom is 0.241 e. The lowest BCUT2D eigenvalue weighted by Crippen LogP contribution is -2.22. The van der Waals surface area contributed by atoms with Gasteiger partial charge in [-0.1, -0.05) is 6.07 Å². The molecule has 0 aliphatic carbocycles. The quantitative estimate of drug-likeness (QED) is 0.873. The summed E-state index contributed by atoms with van der Waals surface area (Å²) in [6.45, 7) is 0.221. The average Bonchev–Trinajstić information content (AvgIpc) is 2.73. The third-order valence-electron chi connectivity index (χ3n) is 2.49. The average molecular weight is 266 g/mol. The first-order valence-corrected chi connectivity index (χ1v) is 6.85. The Morgan fingerprint density at radius 2 is 2.11 bits per heavy atom. The Balaban J connectivity index is 2.13. The van der Waals surface area contributed by atoms with Crippen LogP contribution in [0.25, 0.3) is 0 Å². The topological polar surface area (TPSA) is 71.3 Å². The lowest BCUT2D eigenvalue weighted by atomic mass is 10.3. The first-order chi connectivity index (χ1) is 8.47. The molecule has 0 aliphatic heterocycles. The zero-order valence-electron chi connectivity index (χ0n) is 9.87. The highest BCUT2D eigenvalue weighted by atomic mass is 32.2. The molecule has 5 nitrogen and oxygen atoms in total. The van der Waals surface area contributed by atoms with E-state index in [1.54, 1.807) is 0 Å². The maximum absolute atomic E-state index is 11.9. The van der Waals surface area contributed by atoms with Crippen LogP contribution in [0.1, 0.15) is 5.56 Å². The van der Waals surface area contributed by atoms with Gasteiger partial charge in [0, 0.05) is 26.0 Å². The minimum absolute atomic E-state index is 0.0541. The van der Waals surface area contributed by atoms with Gasteiger partial charge in [-0.2, -0.15) is 0 Å². The van der Waals surface area contributed by atoms with Crippen molar-refractivity contribution < 1.29 is 13.5 Å². The lowest BCUT2D eigenvalue weighted by molar-refractivity contribution is 0.473. The van der Waals surface area contributed by atoms with E-state index in [1.165, 1.54) is 24.3 Å². The summed E-state index contributed by atoms with van der Waals surface area (Å²) in [5, 5.41) is 9.27. The van der Waals surface area contributed by atoms with Gasteiger partial charge in [-0.05, 0) is 29.8 Å². The zero-order valence-corrected chi connectivity index (χ0v) is 10.7. The molecule has 0 atom stereocenters. The second kappa shape index (κ2) is 4.83. The van der Waals surface area contributed by atoms with Gasteiger partial charge in [-0.3, -0.25) is 0 Å². The van der Waals surface area contributed by atoms with Gasteiger partial charge < -0.3 is 9.67 Å². The molecule has 0 spiro atoms. The van der Waals surface area contributed by atoms with Crippen molar-refractivity contribution in [1.82, 2.24) is 9.29 Å². The van der Waals surface area contributed by atoms with Gasteiger partial charge in [0.2, 0.25) is 10.0 Å². The molecule has 0 amide bonds. The van der Waals surface area contributed by atoms with Crippen molar-refractivity contribution >= 4 is 10.0 Å². The summed E-state index contributed by atoms with van der Waals surface area (Å²) in [6.07, 6.45) is 3.68. The lowest BCUT2D eigenvalue weighted by Gasteiger charge is -2.06. The summed E-state index contributed by atoms with van der Waals surface area (Å²) in [6, 6.07) is 7.41. The van der Waals surface area contributed by atoms with E-state index in [0.29, 0.717) is 0 Å². The first kappa shape index (κ1) is 12.7. The Morgan fingerprint density at radius 1 is 1.33 bits per heavy atom. The predicted octanol–water partition coefficient (Wildman–Crippen LogP) is 1.21. The third-order valence-corrected chi connectivity index (χ3v) is 3.89. The van der Waals surface area contributed by atoms with Crippen molar-refractivity contribution in [2.75, 3.05) is 0 Å². The van der Waals surface area contributed by atoms with Crippen molar-refractivity contribution in [3.63, 3.8) is 0 Å². The van der Waals surface area contributed by atoms with Crippen LogP contribution in [0.3, 0.4) is 0 Å². The molecule has 0 bridgehead atoms. The highest BCUT2D eigenvalue weighted by Gasteiger charge is 2.14. The molecule has 0 unspecified atom stereocenters. The molecule has 0 fully saturated rings. The van der Waals surface area contributed by atoms with Crippen molar-refractivity contribution in [2.45, 2.75) is 11.4 Å². The second-order valence-corrected chi connectivity index (χ2v) is 5.77. The number of aromatic hydroxyl groups is 1. The van der Waals surface area contributed by atoms with Crippen LogP contribution in [0, 0.1) is 0 Å². The SMILES string of the molecule is Cn1ccc(CNS(=O)(=O)c2cccc(O)c2)c1. The largest absolute Gasteiger partial charge is 0.508 e. The number of aryl methyl sites for hydroxylation is 1. The van der Waals surface area contributed by atoms with Crippen molar-refractivity contribution in [1.29, 1.82) is 0 Å². The Morgan fingerprint density at radius 3 is 2.72 bits per heavy atom. The van der Waals surface area contributed by atoms with E-state index in [9.17, 15) is 13.5 Å². The molecule has 18 heavy (non-hydrogen) atoms. The summed E-state index contributed by atoms with van der Waals surface area (Å²) < 4.78 is 28.2. The molecule has 2 rings (SSSR count). The van der Waals surface area contributed by atoms with Crippen LogP contribution in [0.5, 0.6) is 5.75 Å². The molecule has 1 aromatic heterocycles. The number of hydrogen-bond donors (Lipinski definition) is 2. The molecule has 0 saturated heterocycles. The van der Waals surface area contributed by atoms with Crippen LogP contribution < -0.4 is 4.72 Å². The number of sulfonamides is 1. The van der Waals surface area contributed by atoms with Crippen molar-refractivity contribution in [3.05, 3.63) is 48.3 Å². The summed E-state index contributed by atoms with van der Waals surface area (Å²) in [4.78, 5) is 0.0541. The van der Waals surface area contributed by atoms with Crippen LogP contribution in [0.2, 0.25) is 0 Å². The van der Waals surface area contributed by atoms with E-state index in [2.05, 4.69) is 4.72 Å². The Bertz CT molecular complexity index is 647. The Labute approximate surface area is 106 Å². The van der Waals surface area contributed by atoms with E-state index >= 15 is 0 Å². The van der Waals surface area contributed by atoms with Gasteiger partial charge >= 0.3 is 0 Å². The summed E-state index contributed by atoms with van der Waals surface area (Å²) in [5.41, 5.74) is 0.876. The van der Waals surface area contributed by atoms with Crippen molar-refractivity contribution in [3.8, 4) is 5.75 Å². The molecule has 0 aliphatic rings. The molecule has 1 aromatic carbocycles. The number of nitrogens with zero attached hydrogens (tertiary/aromatic N) is 1. The van der Waals surface area contributed by atoms with Crippen LogP contribution in [-0.2, 0) is 23.6 Å². The number of hydrogen-bond acceptors (Lipinski definition) is 3. The molecule has 2 N–H and O–H groups in total. The van der Waals surface area contributed by atoms with E-state index in [1.807, 2.05) is 30.1 Å². The first-order valence-electron chi connectivity index (χ1n) is 5.37. The number of aromatic nitrogens is 1. The fraction of sp³-hybridized carbons (Fsp3) is 0.167. The highest BCUT2D eigenvalue weighted by Crippen LogP contribution is 2.15. The van der Waals surface area contributed by atoms with Crippen LogP contribution >= 0.6 is 0 Å². The van der Waals surface area contributed by atoms with Crippen LogP contribution in [0.4, 0.5) is 0 Å². The Hall–Kier alpha value is -1.79. The molecule has 0 radical (unpaired) electrons. The molecule has 0 saturated carbocycles. The number of benzene rings is 1. The number of phenolic OH excluding ortho intramolecular Hbond substituents is 1. The molecule has 2 aromatic rings. The highest BCUT2D eigenvalue weighted by molar-refractivity contribution is 7.89. The van der Waals surface area contributed by atoms with Gasteiger partial charge in [-0.15, -0.1) is 0 Å². The summed E-state index contributed by atoms with van der Waals surface area (Å²) in [7, 11) is -1.72. The standard InChI is InChI=1S/C12H14N2O3S/c1-14-6-5-10(9-14)8-13-18(16,17)12-4-2-3-11(15)7-12/h2-7,9,13,15H,8H2,1H3. The van der Waals surface area contributed by atoms with E-state index in [0.717, 1.165) is 5.56 Å². The van der Waals surface area contributed by atoms with E-state index < -0.39 is 10.0 Å². The third kappa shape index (κ3) is 2.91. The van der Waals surface area contributed by atoms with Crippen LogP contribution in [0.15, 0.2) is 47.6 Å². The number of nitrogens with one attached hydrogen (secondary N) is 1. The fourth-order valence-electron chi connectivity index (χ4n) is 1.58. The van der Waals surface area contributed by atoms with Gasteiger partial charge in [0.1, 0.15) is 5.75 Å². The van der Waals surface area contributed by atoms with Gasteiger partial charge in [-0.25, -0.2) is 13.1 Å². The molecule has 1 heterocycles. The predicted molar refractivity (Wildman–Crippen MR) is 67.5 cm³/mol. The minimum Gasteiger partial charge on any atom is -0.508 e. The molecular weight excluding hydrogens is 252 g/mol.